The molecule has 4 rings (SSSR count). The minimum atomic E-state index is 0.585. The Balaban J connectivity index is 1.67. The molecule has 0 unspecified atom stereocenters. The normalized spacial score (nSPS) is 14.6. The molecular weight excluding hydrogens is 328 g/mol. The molecule has 0 radical (unpaired) electrons. The summed E-state index contributed by atoms with van der Waals surface area (Å²) in [5, 5.41) is 18.3. The summed E-state index contributed by atoms with van der Waals surface area (Å²) in [5.74, 6) is 1.71. The molecular formula is C20H18N4S. The second kappa shape index (κ2) is 7.04. The smallest absolute Gasteiger partial charge is 0.174 e. The maximum atomic E-state index is 9.66. The van der Waals surface area contributed by atoms with Crippen LogP contribution in [0.3, 0.4) is 0 Å². The summed E-state index contributed by atoms with van der Waals surface area (Å²) in [6, 6.07) is 16.8. The molecule has 3 aromatic rings. The third-order valence-electron chi connectivity index (χ3n) is 4.44. The second-order valence-corrected chi connectivity index (χ2v) is 7.26. The fourth-order valence-corrected chi connectivity index (χ4v) is 4.12. The summed E-state index contributed by atoms with van der Waals surface area (Å²) in [4.78, 5) is 2.26. The van der Waals surface area contributed by atoms with E-state index in [1.165, 1.54) is 16.9 Å². The Kier molecular flexibility index (Phi) is 4.45. The topological polar surface area (TPSA) is 54.5 Å². The highest BCUT2D eigenvalue weighted by Crippen LogP contribution is 2.30. The fraction of sp³-hybridized carbons (Fsp3) is 0.250. The molecule has 0 aliphatic carbocycles. The molecule has 0 amide bonds. The molecule has 0 saturated heterocycles. The van der Waals surface area contributed by atoms with Crippen LogP contribution in [0.1, 0.15) is 35.8 Å². The number of benzene rings is 1. The fourth-order valence-electron chi connectivity index (χ4n) is 3.16. The Morgan fingerprint density at radius 3 is 2.80 bits per heavy atom. The molecule has 25 heavy (non-hydrogen) atoms. The highest BCUT2D eigenvalue weighted by atomic mass is 32.1. The third-order valence-corrected chi connectivity index (χ3v) is 5.52. The molecule has 1 aliphatic rings. The number of aromatic nitrogens is 3. The Morgan fingerprint density at radius 2 is 1.96 bits per heavy atom. The quantitative estimate of drug-likeness (QED) is 0.640. The first kappa shape index (κ1) is 15.8. The number of hydrogen-bond acceptors (Lipinski definition) is 4. The van der Waals surface area contributed by atoms with Crippen molar-refractivity contribution in [3.05, 3.63) is 59.0 Å². The Bertz CT molecular complexity index is 944. The van der Waals surface area contributed by atoms with Crippen LogP contribution >= 0.6 is 11.3 Å². The van der Waals surface area contributed by atoms with Crippen LogP contribution in [0.4, 0.5) is 0 Å². The van der Waals surface area contributed by atoms with Gasteiger partial charge < -0.3 is 4.57 Å². The molecule has 1 aromatic carbocycles. The van der Waals surface area contributed by atoms with E-state index < -0.39 is 0 Å². The zero-order chi connectivity index (χ0) is 17.1. The maximum absolute atomic E-state index is 9.66. The van der Waals surface area contributed by atoms with Crippen LogP contribution in [-0.2, 0) is 13.0 Å². The van der Waals surface area contributed by atoms with Gasteiger partial charge in [0, 0.05) is 22.7 Å². The number of allylic oxidation sites excluding steroid dienone is 1. The van der Waals surface area contributed by atoms with Gasteiger partial charge in [-0.15, -0.1) is 21.5 Å². The molecule has 124 valence electrons. The Labute approximate surface area is 151 Å². The molecule has 0 bridgehead atoms. The average Bonchev–Trinajstić information content (AvgIpc) is 3.21. The molecule has 4 nitrogen and oxygen atoms in total. The largest absolute Gasteiger partial charge is 0.310 e. The highest BCUT2D eigenvalue weighted by Gasteiger charge is 2.17. The van der Waals surface area contributed by atoms with E-state index in [4.69, 9.17) is 0 Å². The molecule has 3 heterocycles. The van der Waals surface area contributed by atoms with Crippen molar-refractivity contribution >= 4 is 23.0 Å². The van der Waals surface area contributed by atoms with Crippen molar-refractivity contribution in [2.24, 2.45) is 0 Å². The van der Waals surface area contributed by atoms with Crippen LogP contribution in [-0.4, -0.2) is 14.8 Å². The number of hydrogen-bond donors (Lipinski definition) is 0. The first-order valence-electron chi connectivity index (χ1n) is 8.54. The zero-order valence-corrected chi connectivity index (χ0v) is 14.7. The van der Waals surface area contributed by atoms with Crippen molar-refractivity contribution in [1.29, 1.82) is 5.26 Å². The van der Waals surface area contributed by atoms with Gasteiger partial charge in [-0.1, -0.05) is 36.8 Å². The van der Waals surface area contributed by atoms with Crippen LogP contribution < -0.4 is 0 Å². The molecule has 0 spiro atoms. The van der Waals surface area contributed by atoms with Gasteiger partial charge in [0.15, 0.2) is 5.82 Å². The van der Waals surface area contributed by atoms with Crippen LogP contribution in [0.15, 0.2) is 42.5 Å². The van der Waals surface area contributed by atoms with Crippen LogP contribution in [0.5, 0.6) is 0 Å². The molecule has 5 heteroatoms. The Morgan fingerprint density at radius 1 is 1.08 bits per heavy atom. The standard InChI is InChI=1S/C20H18N4S/c21-14-16(20-23-22-19-9-5-2-6-12-24(19)20)13-17-10-11-18(25-17)15-7-3-1-4-8-15/h1,3-4,7-8,10-11,13H,2,5-6,9,12H2/b16-13+. The molecule has 0 atom stereocenters. The number of fused-ring (bicyclic) bond motifs is 1. The van der Waals surface area contributed by atoms with E-state index in [2.05, 4.69) is 45.1 Å². The van der Waals surface area contributed by atoms with Crippen molar-refractivity contribution in [1.82, 2.24) is 14.8 Å². The Hall–Kier alpha value is -2.71. The van der Waals surface area contributed by atoms with Crippen LogP contribution in [0.2, 0.25) is 0 Å². The number of aryl methyl sites for hydroxylation is 1. The summed E-state index contributed by atoms with van der Waals surface area (Å²) < 4.78 is 2.12. The van der Waals surface area contributed by atoms with E-state index in [0.717, 1.165) is 36.5 Å². The predicted molar refractivity (Wildman–Crippen MR) is 101 cm³/mol. The number of nitrogens with zero attached hydrogens (tertiary/aromatic N) is 4. The van der Waals surface area contributed by atoms with Gasteiger partial charge in [0.1, 0.15) is 11.9 Å². The van der Waals surface area contributed by atoms with Gasteiger partial charge in [-0.05, 0) is 36.6 Å². The number of thiophene rings is 1. The van der Waals surface area contributed by atoms with Gasteiger partial charge >= 0.3 is 0 Å². The van der Waals surface area contributed by atoms with E-state index in [1.807, 2.05) is 24.3 Å². The number of rotatable bonds is 3. The minimum Gasteiger partial charge on any atom is -0.310 e. The monoisotopic (exact) mass is 346 g/mol. The predicted octanol–water partition coefficient (Wildman–Crippen LogP) is 4.80. The second-order valence-electron chi connectivity index (χ2n) is 6.14. The van der Waals surface area contributed by atoms with Gasteiger partial charge in [-0.3, -0.25) is 0 Å². The molecule has 0 saturated carbocycles. The van der Waals surface area contributed by atoms with Crippen LogP contribution in [0.25, 0.3) is 22.1 Å². The van der Waals surface area contributed by atoms with E-state index >= 15 is 0 Å². The highest BCUT2D eigenvalue weighted by molar-refractivity contribution is 7.16. The van der Waals surface area contributed by atoms with Crippen LogP contribution in [0, 0.1) is 11.3 Å². The minimum absolute atomic E-state index is 0.585. The number of nitriles is 1. The first-order valence-corrected chi connectivity index (χ1v) is 9.36. The zero-order valence-electron chi connectivity index (χ0n) is 13.9. The lowest BCUT2D eigenvalue weighted by molar-refractivity contribution is 0.627. The van der Waals surface area contributed by atoms with E-state index in [0.29, 0.717) is 11.4 Å². The summed E-state index contributed by atoms with van der Waals surface area (Å²) in [5.41, 5.74) is 1.78. The molecule has 1 aliphatic heterocycles. The molecule has 2 aromatic heterocycles. The van der Waals surface area contributed by atoms with Crippen molar-refractivity contribution in [2.75, 3.05) is 0 Å². The summed E-state index contributed by atoms with van der Waals surface area (Å²) in [7, 11) is 0. The summed E-state index contributed by atoms with van der Waals surface area (Å²) in [6.07, 6.45) is 6.35. The van der Waals surface area contributed by atoms with Crippen molar-refractivity contribution in [2.45, 2.75) is 32.2 Å². The van der Waals surface area contributed by atoms with Gasteiger partial charge in [0.2, 0.25) is 0 Å². The first-order chi connectivity index (χ1) is 12.3. The van der Waals surface area contributed by atoms with E-state index in [-0.39, 0.29) is 0 Å². The van der Waals surface area contributed by atoms with Gasteiger partial charge in [0.25, 0.3) is 0 Å². The molecule has 0 N–H and O–H groups in total. The lowest BCUT2D eigenvalue weighted by Gasteiger charge is -2.05. The van der Waals surface area contributed by atoms with Crippen molar-refractivity contribution in [3.63, 3.8) is 0 Å². The van der Waals surface area contributed by atoms with Crippen molar-refractivity contribution < 1.29 is 0 Å². The van der Waals surface area contributed by atoms with Gasteiger partial charge in [-0.2, -0.15) is 5.26 Å². The van der Waals surface area contributed by atoms with E-state index in [1.54, 1.807) is 11.3 Å². The summed E-state index contributed by atoms with van der Waals surface area (Å²) >= 11 is 1.68. The van der Waals surface area contributed by atoms with E-state index in [9.17, 15) is 5.26 Å². The molecule has 0 fully saturated rings. The lowest BCUT2D eigenvalue weighted by Crippen LogP contribution is -2.05. The van der Waals surface area contributed by atoms with Gasteiger partial charge in [-0.25, -0.2) is 0 Å². The average molecular weight is 346 g/mol. The van der Waals surface area contributed by atoms with Gasteiger partial charge in [0.05, 0.1) is 5.57 Å². The summed E-state index contributed by atoms with van der Waals surface area (Å²) in [6.45, 7) is 0.899. The maximum Gasteiger partial charge on any atom is 0.174 e. The SMILES string of the molecule is N#C/C(=C\c1ccc(-c2ccccc2)s1)c1nnc2n1CCCCC2. The lowest BCUT2D eigenvalue weighted by atomic mass is 10.2. The van der Waals surface area contributed by atoms with Crippen molar-refractivity contribution in [3.8, 4) is 16.5 Å². The third kappa shape index (κ3) is 3.26.